The number of nitrogens with zero attached hydrogens (tertiary/aromatic N) is 3. The van der Waals surface area contributed by atoms with Crippen LogP contribution in [0.2, 0.25) is 0 Å². The number of ether oxygens (including phenoxy) is 1. The molecule has 6 heteroatoms. The Morgan fingerprint density at radius 3 is 2.72 bits per heavy atom. The van der Waals surface area contributed by atoms with Crippen molar-refractivity contribution >= 4 is 5.96 Å². The lowest BCUT2D eigenvalue weighted by Gasteiger charge is -2.12. The lowest BCUT2D eigenvalue weighted by atomic mass is 10.1. The van der Waals surface area contributed by atoms with Crippen LogP contribution >= 0.6 is 0 Å². The van der Waals surface area contributed by atoms with Gasteiger partial charge in [0.15, 0.2) is 5.96 Å². The third kappa shape index (κ3) is 6.97. The number of hydrogen-bond donors (Lipinski definition) is 2. The summed E-state index contributed by atoms with van der Waals surface area (Å²) in [4.78, 5) is 4.70. The molecule has 0 fully saturated rings. The zero-order chi connectivity index (χ0) is 17.7. The van der Waals surface area contributed by atoms with E-state index in [4.69, 9.17) is 9.73 Å². The molecule has 0 saturated heterocycles. The van der Waals surface area contributed by atoms with E-state index in [1.807, 2.05) is 36.0 Å². The molecule has 0 saturated carbocycles. The molecule has 0 radical (unpaired) electrons. The van der Waals surface area contributed by atoms with Crippen LogP contribution in [-0.2, 0) is 24.4 Å². The van der Waals surface area contributed by atoms with Gasteiger partial charge in [0, 0.05) is 38.6 Å². The summed E-state index contributed by atoms with van der Waals surface area (Å²) in [5.74, 6) is 0.842. The fourth-order valence-electron chi connectivity index (χ4n) is 2.45. The molecule has 0 atom stereocenters. The topological polar surface area (TPSA) is 63.5 Å². The zero-order valence-corrected chi connectivity index (χ0v) is 15.2. The van der Waals surface area contributed by atoms with Gasteiger partial charge in [0.2, 0.25) is 0 Å². The number of aliphatic imine (C=N–C) groups is 1. The Morgan fingerprint density at radius 1 is 1.16 bits per heavy atom. The van der Waals surface area contributed by atoms with Crippen molar-refractivity contribution in [3.8, 4) is 0 Å². The standard InChI is InChI=1S/C19H29N5O/c1-3-20-19(21-11-7-13-24-14-8-12-23-24)22-15-17-9-5-6-10-18(17)16-25-4-2/h5-6,8-10,12,14H,3-4,7,11,13,15-16H2,1-2H3,(H2,20,21,22). The molecule has 6 nitrogen and oxygen atoms in total. The molecule has 1 heterocycles. The number of nitrogens with one attached hydrogen (secondary N) is 2. The van der Waals surface area contributed by atoms with Crippen LogP contribution in [0, 0.1) is 0 Å². The van der Waals surface area contributed by atoms with Crippen molar-refractivity contribution in [2.24, 2.45) is 4.99 Å². The summed E-state index contributed by atoms with van der Waals surface area (Å²) in [5, 5.41) is 10.9. The maximum absolute atomic E-state index is 5.54. The number of hydrogen-bond acceptors (Lipinski definition) is 3. The molecule has 0 aliphatic heterocycles. The molecule has 25 heavy (non-hydrogen) atoms. The highest BCUT2D eigenvalue weighted by atomic mass is 16.5. The minimum Gasteiger partial charge on any atom is -0.377 e. The van der Waals surface area contributed by atoms with Crippen LogP contribution in [0.25, 0.3) is 0 Å². The second-order valence-electron chi connectivity index (χ2n) is 5.65. The van der Waals surface area contributed by atoms with E-state index in [0.717, 1.165) is 38.6 Å². The molecule has 0 spiro atoms. The second kappa shape index (κ2) is 11.3. The lowest BCUT2D eigenvalue weighted by Crippen LogP contribution is -2.38. The Balaban J connectivity index is 1.86. The van der Waals surface area contributed by atoms with Gasteiger partial charge in [-0.05, 0) is 37.5 Å². The van der Waals surface area contributed by atoms with Gasteiger partial charge in [-0.3, -0.25) is 4.68 Å². The van der Waals surface area contributed by atoms with Gasteiger partial charge in [-0.1, -0.05) is 24.3 Å². The second-order valence-corrected chi connectivity index (χ2v) is 5.65. The molecule has 2 aromatic rings. The Morgan fingerprint density at radius 2 is 2.00 bits per heavy atom. The van der Waals surface area contributed by atoms with Crippen molar-refractivity contribution in [1.82, 2.24) is 20.4 Å². The molecular weight excluding hydrogens is 314 g/mol. The Bertz CT molecular complexity index is 625. The van der Waals surface area contributed by atoms with Crippen LogP contribution in [0.1, 0.15) is 31.4 Å². The van der Waals surface area contributed by atoms with E-state index >= 15 is 0 Å². The maximum atomic E-state index is 5.54. The summed E-state index contributed by atoms with van der Waals surface area (Å²) in [7, 11) is 0. The summed E-state index contributed by atoms with van der Waals surface area (Å²) in [6.45, 7) is 8.67. The number of benzene rings is 1. The summed E-state index contributed by atoms with van der Waals surface area (Å²) in [5.41, 5.74) is 2.40. The first-order valence-electron chi connectivity index (χ1n) is 8.97. The van der Waals surface area contributed by atoms with Crippen LogP contribution in [0.4, 0.5) is 0 Å². The van der Waals surface area contributed by atoms with Crippen LogP contribution in [-0.4, -0.2) is 35.4 Å². The van der Waals surface area contributed by atoms with Crippen molar-refractivity contribution in [1.29, 1.82) is 0 Å². The van der Waals surface area contributed by atoms with Crippen molar-refractivity contribution in [2.75, 3.05) is 19.7 Å². The van der Waals surface area contributed by atoms with E-state index in [2.05, 4.69) is 34.8 Å². The first-order chi connectivity index (χ1) is 12.3. The van der Waals surface area contributed by atoms with Gasteiger partial charge in [-0.15, -0.1) is 0 Å². The molecule has 1 aromatic heterocycles. The average molecular weight is 343 g/mol. The number of aromatic nitrogens is 2. The van der Waals surface area contributed by atoms with Gasteiger partial charge < -0.3 is 15.4 Å². The summed E-state index contributed by atoms with van der Waals surface area (Å²) in [6.07, 6.45) is 4.78. The molecule has 2 rings (SSSR count). The molecule has 0 bridgehead atoms. The van der Waals surface area contributed by atoms with Gasteiger partial charge in [0.1, 0.15) is 0 Å². The smallest absolute Gasteiger partial charge is 0.191 e. The first-order valence-corrected chi connectivity index (χ1v) is 8.97. The predicted molar refractivity (Wildman–Crippen MR) is 101 cm³/mol. The van der Waals surface area contributed by atoms with Crippen molar-refractivity contribution in [3.63, 3.8) is 0 Å². The zero-order valence-electron chi connectivity index (χ0n) is 15.2. The first kappa shape index (κ1) is 19.0. The quantitative estimate of drug-likeness (QED) is 0.395. The Kier molecular flexibility index (Phi) is 8.55. The van der Waals surface area contributed by atoms with Gasteiger partial charge in [-0.25, -0.2) is 4.99 Å². The Labute approximate surface area is 150 Å². The minimum atomic E-state index is 0.635. The van der Waals surface area contributed by atoms with E-state index in [0.29, 0.717) is 13.2 Å². The van der Waals surface area contributed by atoms with E-state index in [1.54, 1.807) is 6.20 Å². The number of aryl methyl sites for hydroxylation is 1. The van der Waals surface area contributed by atoms with Crippen LogP contribution < -0.4 is 10.6 Å². The SMILES string of the molecule is CCNC(=NCc1ccccc1COCC)NCCCn1cccn1. The summed E-state index contributed by atoms with van der Waals surface area (Å²) < 4.78 is 7.48. The van der Waals surface area contributed by atoms with Gasteiger partial charge in [0.25, 0.3) is 0 Å². The normalized spacial score (nSPS) is 11.5. The van der Waals surface area contributed by atoms with Crippen LogP contribution in [0.5, 0.6) is 0 Å². The highest BCUT2D eigenvalue weighted by Gasteiger charge is 2.03. The molecule has 1 aromatic carbocycles. The van der Waals surface area contributed by atoms with Gasteiger partial charge >= 0.3 is 0 Å². The highest BCUT2D eigenvalue weighted by molar-refractivity contribution is 5.79. The molecule has 0 aliphatic carbocycles. The molecule has 0 amide bonds. The van der Waals surface area contributed by atoms with E-state index in [1.165, 1.54) is 11.1 Å². The number of guanidine groups is 1. The predicted octanol–water partition coefficient (Wildman–Crippen LogP) is 2.57. The monoisotopic (exact) mass is 343 g/mol. The van der Waals surface area contributed by atoms with E-state index in [-0.39, 0.29) is 0 Å². The van der Waals surface area contributed by atoms with Crippen LogP contribution in [0.15, 0.2) is 47.7 Å². The van der Waals surface area contributed by atoms with E-state index in [9.17, 15) is 0 Å². The van der Waals surface area contributed by atoms with Crippen molar-refractivity contribution in [2.45, 2.75) is 40.0 Å². The van der Waals surface area contributed by atoms with Crippen molar-refractivity contribution in [3.05, 3.63) is 53.9 Å². The third-order valence-corrected chi connectivity index (χ3v) is 3.75. The highest BCUT2D eigenvalue weighted by Crippen LogP contribution is 2.11. The largest absolute Gasteiger partial charge is 0.377 e. The Hall–Kier alpha value is -2.34. The molecule has 0 aliphatic rings. The molecular formula is C19H29N5O. The number of rotatable bonds is 10. The van der Waals surface area contributed by atoms with E-state index < -0.39 is 0 Å². The average Bonchev–Trinajstić information content (AvgIpc) is 3.15. The lowest BCUT2D eigenvalue weighted by molar-refractivity contribution is 0.133. The molecule has 2 N–H and O–H groups in total. The summed E-state index contributed by atoms with van der Waals surface area (Å²) >= 11 is 0. The van der Waals surface area contributed by atoms with Gasteiger partial charge in [-0.2, -0.15) is 5.10 Å². The maximum Gasteiger partial charge on any atom is 0.191 e. The molecule has 136 valence electrons. The van der Waals surface area contributed by atoms with Gasteiger partial charge in [0.05, 0.1) is 13.2 Å². The summed E-state index contributed by atoms with van der Waals surface area (Å²) in [6, 6.07) is 10.2. The fraction of sp³-hybridized carbons (Fsp3) is 0.474. The van der Waals surface area contributed by atoms with Crippen molar-refractivity contribution < 1.29 is 4.74 Å². The molecule has 0 unspecified atom stereocenters. The fourth-order valence-corrected chi connectivity index (χ4v) is 2.45. The van der Waals surface area contributed by atoms with Crippen LogP contribution in [0.3, 0.4) is 0 Å². The minimum absolute atomic E-state index is 0.635. The third-order valence-electron chi connectivity index (χ3n) is 3.75.